The van der Waals surface area contributed by atoms with Crippen LogP contribution in [0.2, 0.25) is 0 Å². The summed E-state index contributed by atoms with van der Waals surface area (Å²) in [5.41, 5.74) is 2.07. The van der Waals surface area contributed by atoms with Crippen molar-refractivity contribution >= 4 is 11.9 Å². The van der Waals surface area contributed by atoms with Gasteiger partial charge in [0.1, 0.15) is 5.76 Å². The van der Waals surface area contributed by atoms with Gasteiger partial charge < -0.3 is 14.9 Å². The predicted octanol–water partition coefficient (Wildman–Crippen LogP) is 1.84. The fraction of sp³-hybridized carbons (Fsp3) is 0.400. The van der Waals surface area contributed by atoms with Gasteiger partial charge in [-0.25, -0.2) is 0 Å². The van der Waals surface area contributed by atoms with Gasteiger partial charge in [-0.2, -0.15) is 0 Å². The zero-order chi connectivity index (χ0) is 16.4. The topological polar surface area (TPSA) is 97.4 Å². The Balaban J connectivity index is 2.23. The summed E-state index contributed by atoms with van der Waals surface area (Å²) in [6.07, 6.45) is 0. The van der Waals surface area contributed by atoms with Gasteiger partial charge in [0.05, 0.1) is 11.5 Å². The molecule has 1 atom stereocenters. The number of hydrogen-bond donors (Lipinski definition) is 2. The quantitative estimate of drug-likeness (QED) is 0.878. The van der Waals surface area contributed by atoms with Crippen LogP contribution in [0.5, 0.6) is 0 Å². The van der Waals surface area contributed by atoms with Crippen molar-refractivity contribution in [2.75, 3.05) is 6.54 Å². The summed E-state index contributed by atoms with van der Waals surface area (Å²) in [7, 11) is 0. The fourth-order valence-electron chi connectivity index (χ4n) is 2.23. The maximum Gasteiger partial charge on any atom is 0.308 e. The second-order valence-corrected chi connectivity index (χ2v) is 5.37. The molecule has 0 radical (unpaired) electrons. The first kappa shape index (κ1) is 15.8. The van der Waals surface area contributed by atoms with Crippen molar-refractivity contribution in [3.05, 3.63) is 34.8 Å². The Kier molecular flexibility index (Phi) is 4.35. The molecule has 7 heteroatoms. The molecule has 2 rings (SSSR count). The summed E-state index contributed by atoms with van der Waals surface area (Å²) >= 11 is 0. The van der Waals surface area contributed by atoms with E-state index >= 15 is 0 Å². The van der Waals surface area contributed by atoms with Crippen molar-refractivity contribution in [2.45, 2.75) is 27.7 Å². The maximum absolute atomic E-state index is 12.2. The molecule has 0 spiro atoms. The van der Waals surface area contributed by atoms with Gasteiger partial charge in [0.2, 0.25) is 0 Å². The summed E-state index contributed by atoms with van der Waals surface area (Å²) in [5.74, 6) is -0.573. The molecule has 2 aromatic rings. The van der Waals surface area contributed by atoms with E-state index in [-0.39, 0.29) is 12.5 Å². The monoisotopic (exact) mass is 305 g/mol. The van der Waals surface area contributed by atoms with E-state index in [0.29, 0.717) is 17.1 Å². The summed E-state index contributed by atoms with van der Waals surface area (Å²) in [5, 5.41) is 15.4. The highest BCUT2D eigenvalue weighted by Crippen LogP contribution is 2.20. The van der Waals surface area contributed by atoms with Crippen molar-refractivity contribution < 1.29 is 19.2 Å². The molecule has 2 aromatic heterocycles. The van der Waals surface area contributed by atoms with Crippen molar-refractivity contribution in [3.8, 4) is 5.82 Å². The van der Waals surface area contributed by atoms with E-state index in [1.54, 1.807) is 26.0 Å². The molecule has 0 aliphatic heterocycles. The number of aromatic nitrogens is 2. The number of carbonyl (C=O) groups excluding carboxylic acids is 1. The SMILES string of the molecule is Cc1cc(-n2c(C)cc(C(=O)NCC(C)C(=O)O)c2C)no1. The molecule has 0 aromatic carbocycles. The minimum atomic E-state index is -0.941. The molecule has 7 nitrogen and oxygen atoms in total. The zero-order valence-corrected chi connectivity index (χ0v) is 13.0. The predicted molar refractivity (Wildman–Crippen MR) is 79.2 cm³/mol. The van der Waals surface area contributed by atoms with Crippen LogP contribution < -0.4 is 5.32 Å². The number of carbonyl (C=O) groups is 2. The normalized spacial score (nSPS) is 12.2. The van der Waals surface area contributed by atoms with Gasteiger partial charge >= 0.3 is 5.97 Å². The molecule has 1 unspecified atom stereocenters. The molecule has 1 amide bonds. The number of hydrogen-bond acceptors (Lipinski definition) is 4. The molecule has 118 valence electrons. The van der Waals surface area contributed by atoms with Crippen LogP contribution in [-0.4, -0.2) is 33.3 Å². The summed E-state index contributed by atoms with van der Waals surface area (Å²) in [6.45, 7) is 7.11. The Morgan fingerprint density at radius 2 is 2.05 bits per heavy atom. The molecule has 0 aliphatic rings. The highest BCUT2D eigenvalue weighted by atomic mass is 16.5. The summed E-state index contributed by atoms with van der Waals surface area (Å²) in [6, 6.07) is 3.54. The molecule has 2 heterocycles. The number of carboxylic acid groups (broad SMARTS) is 1. The molecule has 0 bridgehead atoms. The highest BCUT2D eigenvalue weighted by Gasteiger charge is 2.19. The molecule has 0 fully saturated rings. The van der Waals surface area contributed by atoms with Crippen molar-refractivity contribution in [1.82, 2.24) is 15.0 Å². The van der Waals surface area contributed by atoms with Crippen LogP contribution in [0.4, 0.5) is 0 Å². The molecule has 0 saturated heterocycles. The zero-order valence-electron chi connectivity index (χ0n) is 13.0. The first-order chi connectivity index (χ1) is 10.3. The van der Waals surface area contributed by atoms with Crippen LogP contribution in [-0.2, 0) is 4.79 Å². The van der Waals surface area contributed by atoms with Gasteiger partial charge in [0, 0.05) is 24.0 Å². The van der Waals surface area contributed by atoms with E-state index in [2.05, 4.69) is 10.5 Å². The van der Waals surface area contributed by atoms with Crippen LogP contribution >= 0.6 is 0 Å². The number of nitrogens with zero attached hydrogens (tertiary/aromatic N) is 2. The Labute approximate surface area is 127 Å². The largest absolute Gasteiger partial charge is 0.481 e. The number of aryl methyl sites for hydroxylation is 2. The third-order valence-electron chi connectivity index (χ3n) is 3.51. The Hall–Kier alpha value is -2.57. The highest BCUT2D eigenvalue weighted by molar-refractivity contribution is 5.96. The van der Waals surface area contributed by atoms with Crippen molar-refractivity contribution in [2.24, 2.45) is 5.92 Å². The maximum atomic E-state index is 12.2. The van der Waals surface area contributed by atoms with Gasteiger partial charge in [0.15, 0.2) is 5.82 Å². The van der Waals surface area contributed by atoms with E-state index < -0.39 is 11.9 Å². The molecule has 0 aliphatic carbocycles. The third-order valence-corrected chi connectivity index (χ3v) is 3.51. The van der Waals surface area contributed by atoms with Crippen LogP contribution in [0.25, 0.3) is 5.82 Å². The Morgan fingerprint density at radius 3 is 2.59 bits per heavy atom. The molecule has 22 heavy (non-hydrogen) atoms. The average molecular weight is 305 g/mol. The number of rotatable bonds is 5. The first-order valence-electron chi connectivity index (χ1n) is 6.95. The van der Waals surface area contributed by atoms with Gasteiger partial charge in [-0.1, -0.05) is 12.1 Å². The molecule has 0 saturated carbocycles. The van der Waals surface area contributed by atoms with E-state index in [1.165, 1.54) is 0 Å². The molecular formula is C15H19N3O4. The standard InChI is InChI=1S/C15H19N3O4/c1-8(15(20)21)7-16-14(19)12-5-9(2)18(11(12)4)13-6-10(3)22-17-13/h5-6,8H,7H2,1-4H3,(H,16,19)(H,20,21). The second kappa shape index (κ2) is 6.05. The number of amides is 1. The minimum Gasteiger partial charge on any atom is -0.481 e. The molecular weight excluding hydrogens is 286 g/mol. The van der Waals surface area contributed by atoms with Gasteiger partial charge in [-0.15, -0.1) is 0 Å². The lowest BCUT2D eigenvalue weighted by Crippen LogP contribution is -2.31. The van der Waals surface area contributed by atoms with Gasteiger partial charge in [0.25, 0.3) is 5.91 Å². The first-order valence-corrected chi connectivity index (χ1v) is 6.95. The van der Waals surface area contributed by atoms with Crippen LogP contribution in [0.3, 0.4) is 0 Å². The molecule has 2 N–H and O–H groups in total. The Morgan fingerprint density at radius 1 is 1.36 bits per heavy atom. The van der Waals surface area contributed by atoms with E-state index in [0.717, 1.165) is 11.4 Å². The van der Waals surface area contributed by atoms with E-state index in [1.807, 2.05) is 18.4 Å². The lowest BCUT2D eigenvalue weighted by atomic mass is 10.1. The van der Waals surface area contributed by atoms with E-state index in [4.69, 9.17) is 9.63 Å². The summed E-state index contributed by atoms with van der Waals surface area (Å²) < 4.78 is 6.89. The van der Waals surface area contributed by atoms with Crippen LogP contribution in [0.1, 0.15) is 34.4 Å². The second-order valence-electron chi connectivity index (χ2n) is 5.37. The Bertz CT molecular complexity index is 714. The number of nitrogens with one attached hydrogen (secondary N) is 1. The summed E-state index contributed by atoms with van der Waals surface area (Å²) in [4.78, 5) is 23.0. The number of carboxylic acids is 1. The van der Waals surface area contributed by atoms with Crippen molar-refractivity contribution in [1.29, 1.82) is 0 Å². The smallest absolute Gasteiger partial charge is 0.308 e. The van der Waals surface area contributed by atoms with Crippen LogP contribution in [0, 0.1) is 26.7 Å². The van der Waals surface area contributed by atoms with E-state index in [9.17, 15) is 9.59 Å². The van der Waals surface area contributed by atoms with Crippen LogP contribution in [0.15, 0.2) is 16.7 Å². The third kappa shape index (κ3) is 3.03. The van der Waals surface area contributed by atoms with Gasteiger partial charge in [-0.05, 0) is 26.8 Å². The average Bonchev–Trinajstić information content (AvgIpc) is 2.99. The van der Waals surface area contributed by atoms with Gasteiger partial charge in [-0.3, -0.25) is 14.2 Å². The lowest BCUT2D eigenvalue weighted by Gasteiger charge is -2.09. The minimum absolute atomic E-state index is 0.0842. The number of aliphatic carboxylic acids is 1. The van der Waals surface area contributed by atoms with Crippen molar-refractivity contribution in [3.63, 3.8) is 0 Å². The lowest BCUT2D eigenvalue weighted by molar-refractivity contribution is -0.140. The fourth-order valence-corrected chi connectivity index (χ4v) is 2.23.